The number of benzene rings is 3. The summed E-state index contributed by atoms with van der Waals surface area (Å²) in [6.45, 7) is 0. The summed E-state index contributed by atoms with van der Waals surface area (Å²) in [6.07, 6.45) is -1.04. The van der Waals surface area contributed by atoms with E-state index in [1.165, 1.54) is 17.7 Å². The Morgan fingerprint density at radius 1 is 0.848 bits per heavy atom. The van der Waals surface area contributed by atoms with E-state index in [1.807, 2.05) is 48.5 Å². The van der Waals surface area contributed by atoms with Gasteiger partial charge in [-0.3, -0.25) is 0 Å². The zero-order valence-electron chi connectivity index (χ0n) is 17.8. The van der Waals surface area contributed by atoms with Gasteiger partial charge in [0.2, 0.25) is 0 Å². The fourth-order valence-corrected chi connectivity index (χ4v) is 3.97. The summed E-state index contributed by atoms with van der Waals surface area (Å²) in [5.74, 6) is 0.819. The van der Waals surface area contributed by atoms with Crippen molar-refractivity contribution in [3.8, 4) is 11.4 Å². The van der Waals surface area contributed by atoms with Crippen LogP contribution in [0, 0.1) is 0 Å². The number of aromatic nitrogens is 3. The van der Waals surface area contributed by atoms with Crippen LogP contribution in [0.5, 0.6) is 5.75 Å². The number of aryl methyl sites for hydroxylation is 2. The van der Waals surface area contributed by atoms with E-state index in [0.717, 1.165) is 52.7 Å². The summed E-state index contributed by atoms with van der Waals surface area (Å²) in [6, 6.07) is 20.9. The molecular weight excluding hydrogens is 427 g/mol. The second-order valence-electron chi connectivity index (χ2n) is 7.80. The Balaban J connectivity index is 1.51. The Morgan fingerprint density at radius 2 is 1.55 bits per heavy atom. The monoisotopic (exact) mass is 447 g/mol. The van der Waals surface area contributed by atoms with Crippen molar-refractivity contribution in [1.29, 1.82) is 0 Å². The standard InChI is InChI=1S/C26H20F3N3O/c1-33-20-13-6-17(7-14-20)8-15-23-21-4-2-3-5-22(21)25-24(30-23)16-32(31-25)19-11-9-18(10-12-19)26(27,28)29/h2-7,9-14,16H,8,15H2,1H3. The second kappa shape index (κ2) is 8.24. The van der Waals surface area contributed by atoms with Gasteiger partial charge in [-0.15, -0.1) is 0 Å². The van der Waals surface area contributed by atoms with Gasteiger partial charge in [-0.05, 0) is 54.8 Å². The van der Waals surface area contributed by atoms with Crippen LogP contribution in [0.4, 0.5) is 13.2 Å². The van der Waals surface area contributed by atoms with Crippen molar-refractivity contribution >= 4 is 21.8 Å². The highest BCUT2D eigenvalue weighted by atomic mass is 19.4. The number of hydrogen-bond donors (Lipinski definition) is 0. The van der Waals surface area contributed by atoms with Gasteiger partial charge in [0.1, 0.15) is 16.8 Å². The topological polar surface area (TPSA) is 39.9 Å². The van der Waals surface area contributed by atoms with Crippen molar-refractivity contribution in [2.75, 3.05) is 7.11 Å². The van der Waals surface area contributed by atoms with E-state index in [2.05, 4.69) is 5.10 Å². The average molecular weight is 447 g/mol. The first-order valence-electron chi connectivity index (χ1n) is 10.5. The van der Waals surface area contributed by atoms with Gasteiger partial charge < -0.3 is 4.74 Å². The molecule has 3 aromatic carbocycles. The largest absolute Gasteiger partial charge is 0.497 e. The third kappa shape index (κ3) is 4.14. The molecule has 0 N–H and O–H groups in total. The van der Waals surface area contributed by atoms with E-state index >= 15 is 0 Å². The first kappa shape index (κ1) is 21.0. The quantitative estimate of drug-likeness (QED) is 0.314. The van der Waals surface area contributed by atoms with E-state index in [9.17, 15) is 13.2 Å². The Hall–Kier alpha value is -3.87. The molecule has 0 spiro atoms. The molecule has 2 heterocycles. The number of fused-ring (bicyclic) bond motifs is 3. The van der Waals surface area contributed by atoms with Crippen LogP contribution in [0.25, 0.3) is 27.5 Å². The van der Waals surface area contributed by atoms with Crippen molar-refractivity contribution < 1.29 is 17.9 Å². The maximum absolute atomic E-state index is 12.9. The highest BCUT2D eigenvalue weighted by molar-refractivity contribution is 6.04. The Labute approximate surface area is 188 Å². The third-order valence-corrected chi connectivity index (χ3v) is 5.71. The molecule has 0 amide bonds. The first-order chi connectivity index (χ1) is 15.9. The molecule has 0 saturated heterocycles. The number of pyridine rings is 1. The molecule has 0 atom stereocenters. The lowest BCUT2D eigenvalue weighted by Crippen LogP contribution is -2.05. The lowest BCUT2D eigenvalue weighted by molar-refractivity contribution is -0.137. The zero-order chi connectivity index (χ0) is 23.0. The Morgan fingerprint density at radius 3 is 2.21 bits per heavy atom. The highest BCUT2D eigenvalue weighted by Gasteiger charge is 2.30. The molecular formula is C26H20F3N3O. The van der Waals surface area contributed by atoms with Crippen LogP contribution in [0.1, 0.15) is 16.8 Å². The van der Waals surface area contributed by atoms with Crippen LogP contribution < -0.4 is 4.74 Å². The van der Waals surface area contributed by atoms with Crippen molar-refractivity contribution in [1.82, 2.24) is 14.8 Å². The highest BCUT2D eigenvalue weighted by Crippen LogP contribution is 2.31. The number of methoxy groups -OCH3 is 1. The average Bonchev–Trinajstić information content (AvgIpc) is 3.27. The molecule has 5 rings (SSSR count). The van der Waals surface area contributed by atoms with E-state index in [4.69, 9.17) is 9.72 Å². The van der Waals surface area contributed by atoms with Gasteiger partial charge in [0.15, 0.2) is 0 Å². The number of alkyl halides is 3. The van der Waals surface area contributed by atoms with Gasteiger partial charge in [-0.2, -0.15) is 18.3 Å². The van der Waals surface area contributed by atoms with Gasteiger partial charge in [-0.25, -0.2) is 9.67 Å². The van der Waals surface area contributed by atoms with Crippen molar-refractivity contribution in [3.63, 3.8) is 0 Å². The van der Waals surface area contributed by atoms with Gasteiger partial charge >= 0.3 is 6.18 Å². The van der Waals surface area contributed by atoms with Crippen LogP contribution in [0.15, 0.2) is 79.0 Å². The lowest BCUT2D eigenvalue weighted by atomic mass is 10.0. The van der Waals surface area contributed by atoms with Crippen LogP contribution in [0.3, 0.4) is 0 Å². The molecule has 0 bridgehead atoms. The number of hydrogen-bond acceptors (Lipinski definition) is 3. The molecule has 2 aromatic heterocycles. The summed E-state index contributed by atoms with van der Waals surface area (Å²) in [5.41, 5.74) is 3.43. The summed E-state index contributed by atoms with van der Waals surface area (Å²) in [7, 11) is 1.64. The minimum absolute atomic E-state index is 0.546. The molecule has 0 aliphatic carbocycles. The van der Waals surface area contributed by atoms with Gasteiger partial charge in [-0.1, -0.05) is 36.4 Å². The van der Waals surface area contributed by atoms with Gasteiger partial charge in [0.05, 0.1) is 24.6 Å². The van der Waals surface area contributed by atoms with Crippen LogP contribution in [0.2, 0.25) is 0 Å². The SMILES string of the molecule is COc1ccc(CCc2nc3cn(-c4ccc(C(F)(F)F)cc4)nc3c3ccccc23)cc1. The van der Waals surface area contributed by atoms with E-state index in [0.29, 0.717) is 11.2 Å². The molecule has 0 unspecified atom stereocenters. The molecule has 0 radical (unpaired) electrons. The fourth-order valence-electron chi connectivity index (χ4n) is 3.97. The summed E-state index contributed by atoms with van der Waals surface area (Å²) in [5, 5.41) is 6.63. The van der Waals surface area contributed by atoms with Gasteiger partial charge in [0.25, 0.3) is 0 Å². The minimum Gasteiger partial charge on any atom is -0.497 e. The Bertz CT molecular complexity index is 1420. The van der Waals surface area contributed by atoms with E-state index < -0.39 is 11.7 Å². The number of nitrogens with zero attached hydrogens (tertiary/aromatic N) is 3. The number of halogens is 3. The molecule has 33 heavy (non-hydrogen) atoms. The lowest BCUT2D eigenvalue weighted by Gasteiger charge is -2.07. The van der Waals surface area contributed by atoms with Crippen molar-refractivity contribution in [2.24, 2.45) is 0 Å². The molecule has 166 valence electrons. The smallest absolute Gasteiger partial charge is 0.416 e. The molecule has 4 nitrogen and oxygen atoms in total. The number of rotatable bonds is 5. The van der Waals surface area contributed by atoms with Crippen molar-refractivity contribution in [3.05, 3.63) is 95.8 Å². The summed E-state index contributed by atoms with van der Waals surface area (Å²) >= 11 is 0. The van der Waals surface area contributed by atoms with Gasteiger partial charge in [0, 0.05) is 16.5 Å². The first-order valence-corrected chi connectivity index (χ1v) is 10.5. The van der Waals surface area contributed by atoms with Crippen molar-refractivity contribution in [2.45, 2.75) is 19.0 Å². The maximum Gasteiger partial charge on any atom is 0.416 e. The maximum atomic E-state index is 12.9. The molecule has 0 saturated carbocycles. The minimum atomic E-state index is -4.37. The summed E-state index contributed by atoms with van der Waals surface area (Å²) in [4.78, 5) is 4.87. The molecule has 0 fully saturated rings. The van der Waals surface area contributed by atoms with Crippen LogP contribution in [-0.4, -0.2) is 21.9 Å². The fraction of sp³-hybridized carbons (Fsp3) is 0.154. The second-order valence-corrected chi connectivity index (χ2v) is 7.80. The third-order valence-electron chi connectivity index (χ3n) is 5.71. The predicted molar refractivity (Wildman–Crippen MR) is 122 cm³/mol. The summed E-state index contributed by atoms with van der Waals surface area (Å²) < 4.78 is 45.5. The molecule has 5 aromatic rings. The molecule has 0 aliphatic heterocycles. The van der Waals surface area contributed by atoms with Crippen LogP contribution in [-0.2, 0) is 19.0 Å². The zero-order valence-corrected chi connectivity index (χ0v) is 17.8. The number of ether oxygens (including phenoxy) is 1. The van der Waals surface area contributed by atoms with E-state index in [1.54, 1.807) is 18.0 Å². The van der Waals surface area contributed by atoms with Crippen LogP contribution >= 0.6 is 0 Å². The van der Waals surface area contributed by atoms with E-state index in [-0.39, 0.29) is 0 Å². The molecule has 7 heteroatoms. The molecule has 0 aliphatic rings. The predicted octanol–water partition coefficient (Wildman–Crippen LogP) is 6.39. The Kier molecular flexibility index (Phi) is 5.24. The normalized spacial score (nSPS) is 11.9.